The van der Waals surface area contributed by atoms with E-state index >= 15 is 0 Å². The van der Waals surface area contributed by atoms with Crippen LogP contribution in [-0.2, 0) is 4.79 Å². The Labute approximate surface area is 179 Å². The number of hydrogen-bond acceptors (Lipinski definition) is 5. The first kappa shape index (κ1) is 20.1. The van der Waals surface area contributed by atoms with Gasteiger partial charge in [-0.2, -0.15) is 0 Å². The number of anilines is 1. The molecule has 0 saturated heterocycles. The van der Waals surface area contributed by atoms with Crippen LogP contribution in [-0.4, -0.2) is 29.1 Å². The summed E-state index contributed by atoms with van der Waals surface area (Å²) in [5, 5.41) is 13.6. The lowest BCUT2D eigenvalue weighted by Gasteiger charge is -2.20. The Morgan fingerprint density at radius 1 is 0.935 bits per heavy atom. The van der Waals surface area contributed by atoms with E-state index in [9.17, 15) is 14.7 Å². The van der Waals surface area contributed by atoms with Crippen LogP contribution in [0.2, 0.25) is 0 Å². The summed E-state index contributed by atoms with van der Waals surface area (Å²) in [6, 6.07) is 22.3. The van der Waals surface area contributed by atoms with Crippen LogP contribution in [0.1, 0.15) is 22.8 Å². The molecule has 0 saturated carbocycles. The number of ketones is 1. The van der Waals surface area contributed by atoms with E-state index in [2.05, 4.69) is 10.3 Å². The molecule has 0 unspecified atom stereocenters. The third kappa shape index (κ3) is 4.09. The average Bonchev–Trinajstić information content (AvgIpc) is 2.79. The summed E-state index contributed by atoms with van der Waals surface area (Å²) < 4.78 is 5.41. The molecule has 0 aromatic heterocycles. The predicted molar refractivity (Wildman–Crippen MR) is 120 cm³/mol. The minimum Gasteiger partial charge on any atom is -0.506 e. The normalized spacial score (nSPS) is 14.4. The topological polar surface area (TPSA) is 88.0 Å². The summed E-state index contributed by atoms with van der Waals surface area (Å²) in [5.41, 5.74) is 1.33. The number of nitrogens with zero attached hydrogens (tertiary/aromatic N) is 1. The number of Topliss-reactive ketones (excluding diaryl/α,β-unsaturated/α-hetero) is 1. The molecule has 0 aliphatic heterocycles. The number of hydrogen-bond donors (Lipinski definition) is 2. The lowest BCUT2D eigenvalue weighted by atomic mass is 9.87. The van der Waals surface area contributed by atoms with E-state index in [0.29, 0.717) is 34.9 Å². The molecule has 4 rings (SSSR count). The molecule has 2 N–H and O–H groups in total. The van der Waals surface area contributed by atoms with E-state index in [1.165, 1.54) is 0 Å². The quantitative estimate of drug-likeness (QED) is 0.620. The average molecular weight is 412 g/mol. The zero-order chi connectivity index (χ0) is 21.8. The Kier molecular flexibility index (Phi) is 5.62. The molecule has 1 amide bonds. The molecular formula is C25H20N2O4. The summed E-state index contributed by atoms with van der Waals surface area (Å²) in [6.07, 6.45) is 0. The standard InChI is InChI=1S/C25H20N2O4/c1-2-31-18-14-12-17(13-15-18)27-25(30)21-22(26-16-8-4-3-5-9-16)24(29)20-11-7-6-10-19(20)23(21)28/h3-15,28H,2H2,1H3,(H,27,30). The molecule has 1 aliphatic rings. The van der Waals surface area contributed by atoms with Gasteiger partial charge in [-0.15, -0.1) is 0 Å². The summed E-state index contributed by atoms with van der Waals surface area (Å²) in [5.74, 6) is -0.655. The number of nitrogens with one attached hydrogen (secondary N) is 1. The molecule has 0 bridgehead atoms. The maximum atomic E-state index is 13.2. The van der Waals surface area contributed by atoms with Gasteiger partial charge >= 0.3 is 0 Å². The molecule has 3 aromatic carbocycles. The fourth-order valence-electron chi connectivity index (χ4n) is 3.32. The lowest BCUT2D eigenvalue weighted by molar-refractivity contribution is -0.112. The molecule has 0 radical (unpaired) electrons. The van der Waals surface area contributed by atoms with Gasteiger partial charge < -0.3 is 15.2 Å². The highest BCUT2D eigenvalue weighted by Gasteiger charge is 2.35. The Morgan fingerprint density at radius 2 is 1.58 bits per heavy atom. The van der Waals surface area contributed by atoms with E-state index < -0.39 is 11.7 Å². The number of ether oxygens (including phenoxy) is 1. The van der Waals surface area contributed by atoms with Gasteiger partial charge in [-0.25, -0.2) is 4.99 Å². The van der Waals surface area contributed by atoms with Gasteiger partial charge in [-0.3, -0.25) is 9.59 Å². The van der Waals surface area contributed by atoms with Crippen molar-refractivity contribution in [3.63, 3.8) is 0 Å². The number of fused-ring (bicyclic) bond motifs is 1. The summed E-state index contributed by atoms with van der Waals surface area (Å²) in [7, 11) is 0. The van der Waals surface area contributed by atoms with E-state index in [4.69, 9.17) is 4.74 Å². The van der Waals surface area contributed by atoms with Crippen molar-refractivity contribution < 1.29 is 19.4 Å². The van der Waals surface area contributed by atoms with E-state index in [-0.39, 0.29) is 17.0 Å². The molecule has 6 nitrogen and oxygen atoms in total. The van der Waals surface area contributed by atoms with Gasteiger partial charge in [-0.05, 0) is 43.3 Å². The van der Waals surface area contributed by atoms with E-state index in [1.54, 1.807) is 72.8 Å². The van der Waals surface area contributed by atoms with Gasteiger partial charge in [0.05, 0.1) is 12.3 Å². The predicted octanol–water partition coefficient (Wildman–Crippen LogP) is 4.96. The number of rotatable bonds is 5. The van der Waals surface area contributed by atoms with Crippen molar-refractivity contribution in [2.45, 2.75) is 6.92 Å². The highest BCUT2D eigenvalue weighted by molar-refractivity contribution is 6.60. The van der Waals surface area contributed by atoms with Gasteiger partial charge in [0.15, 0.2) is 0 Å². The molecular weight excluding hydrogens is 392 g/mol. The third-order valence-corrected chi connectivity index (χ3v) is 4.76. The molecule has 6 heteroatoms. The molecule has 0 fully saturated rings. The van der Waals surface area contributed by atoms with Gasteiger partial charge in [0.1, 0.15) is 22.8 Å². The Morgan fingerprint density at radius 3 is 2.26 bits per heavy atom. The van der Waals surface area contributed by atoms with Gasteiger partial charge in [0.2, 0.25) is 5.78 Å². The fourth-order valence-corrected chi connectivity index (χ4v) is 3.32. The Bertz CT molecular complexity index is 1200. The minimum atomic E-state index is -0.626. The maximum absolute atomic E-state index is 13.2. The van der Waals surface area contributed by atoms with Crippen molar-refractivity contribution in [1.82, 2.24) is 0 Å². The Hall–Kier alpha value is -4.19. The van der Waals surface area contributed by atoms with Crippen LogP contribution < -0.4 is 10.1 Å². The van der Waals surface area contributed by atoms with Crippen LogP contribution in [0.15, 0.2) is 89.4 Å². The molecule has 0 atom stereocenters. The minimum absolute atomic E-state index is 0.106. The van der Waals surface area contributed by atoms with Gasteiger partial charge in [0.25, 0.3) is 5.91 Å². The second kappa shape index (κ2) is 8.67. The van der Waals surface area contributed by atoms with Crippen molar-refractivity contribution in [2.24, 2.45) is 4.99 Å². The van der Waals surface area contributed by atoms with Crippen LogP contribution in [0.3, 0.4) is 0 Å². The number of aliphatic hydroxyl groups excluding tert-OH is 1. The van der Waals surface area contributed by atoms with Crippen molar-refractivity contribution in [2.75, 3.05) is 11.9 Å². The second-order valence-corrected chi connectivity index (χ2v) is 6.81. The highest BCUT2D eigenvalue weighted by Crippen LogP contribution is 2.30. The van der Waals surface area contributed by atoms with Crippen LogP contribution in [0.5, 0.6) is 5.75 Å². The number of aliphatic hydroxyl groups is 1. The number of carbonyl (C=O) groups is 2. The molecule has 0 heterocycles. The summed E-state index contributed by atoms with van der Waals surface area (Å²) in [4.78, 5) is 30.7. The van der Waals surface area contributed by atoms with Crippen LogP contribution in [0.25, 0.3) is 5.76 Å². The summed E-state index contributed by atoms with van der Waals surface area (Å²) >= 11 is 0. The van der Waals surface area contributed by atoms with Crippen molar-refractivity contribution >= 4 is 34.5 Å². The highest BCUT2D eigenvalue weighted by atomic mass is 16.5. The van der Waals surface area contributed by atoms with E-state index in [1.807, 2.05) is 13.0 Å². The van der Waals surface area contributed by atoms with Gasteiger partial charge in [-0.1, -0.05) is 42.5 Å². The van der Waals surface area contributed by atoms with Crippen molar-refractivity contribution in [3.05, 3.63) is 95.6 Å². The third-order valence-electron chi connectivity index (χ3n) is 4.76. The molecule has 154 valence electrons. The smallest absolute Gasteiger partial charge is 0.261 e. The molecule has 1 aliphatic carbocycles. The first-order chi connectivity index (χ1) is 15.1. The summed E-state index contributed by atoms with van der Waals surface area (Å²) in [6.45, 7) is 2.42. The molecule has 3 aromatic rings. The zero-order valence-electron chi connectivity index (χ0n) is 16.8. The number of para-hydroxylation sites is 1. The largest absolute Gasteiger partial charge is 0.506 e. The van der Waals surface area contributed by atoms with Crippen molar-refractivity contribution in [1.29, 1.82) is 0 Å². The number of amides is 1. The van der Waals surface area contributed by atoms with Crippen LogP contribution in [0, 0.1) is 0 Å². The van der Waals surface area contributed by atoms with Crippen molar-refractivity contribution in [3.8, 4) is 5.75 Å². The first-order valence-corrected chi connectivity index (χ1v) is 9.84. The number of aliphatic imine (C=N–C) groups is 1. The monoisotopic (exact) mass is 412 g/mol. The number of benzene rings is 3. The van der Waals surface area contributed by atoms with Crippen LogP contribution in [0.4, 0.5) is 11.4 Å². The molecule has 31 heavy (non-hydrogen) atoms. The lowest BCUT2D eigenvalue weighted by Crippen LogP contribution is -2.31. The maximum Gasteiger partial charge on any atom is 0.261 e. The first-order valence-electron chi connectivity index (χ1n) is 9.84. The SMILES string of the molecule is CCOc1ccc(NC(=O)C2=C(O)c3ccccc3C(=O)C2=Nc2ccccc2)cc1. The van der Waals surface area contributed by atoms with E-state index in [0.717, 1.165) is 0 Å². The number of carbonyl (C=O) groups excluding carboxylic acids is 2. The molecule has 0 spiro atoms. The Balaban J connectivity index is 1.76. The zero-order valence-corrected chi connectivity index (χ0v) is 16.8. The van der Waals surface area contributed by atoms with Crippen LogP contribution >= 0.6 is 0 Å². The second-order valence-electron chi connectivity index (χ2n) is 6.81. The fraction of sp³-hybridized carbons (Fsp3) is 0.0800. The van der Waals surface area contributed by atoms with Gasteiger partial charge in [0, 0.05) is 16.8 Å².